The standard InChI is InChI=1S/C8H13N3/c9-5-7-3-1-2-4-8(7)6-11-10/h1-4,11H,5-6,9-10H2. The van der Waals surface area contributed by atoms with E-state index < -0.39 is 0 Å². The molecule has 3 heteroatoms. The van der Waals surface area contributed by atoms with Crippen LogP contribution in [0.3, 0.4) is 0 Å². The Morgan fingerprint density at radius 2 is 1.82 bits per heavy atom. The molecule has 0 heterocycles. The fourth-order valence-corrected chi connectivity index (χ4v) is 1.04. The summed E-state index contributed by atoms with van der Waals surface area (Å²) in [6.45, 7) is 1.24. The van der Waals surface area contributed by atoms with Crippen LogP contribution in [0, 0.1) is 0 Å². The van der Waals surface area contributed by atoms with Gasteiger partial charge >= 0.3 is 0 Å². The van der Waals surface area contributed by atoms with Crippen LogP contribution in [0.15, 0.2) is 24.3 Å². The van der Waals surface area contributed by atoms with Gasteiger partial charge in [0, 0.05) is 13.1 Å². The first-order valence-electron chi connectivity index (χ1n) is 3.58. The molecule has 1 rings (SSSR count). The Labute approximate surface area is 66.4 Å². The average Bonchev–Trinajstić information content (AvgIpc) is 2.06. The molecule has 11 heavy (non-hydrogen) atoms. The van der Waals surface area contributed by atoms with E-state index >= 15 is 0 Å². The van der Waals surface area contributed by atoms with Gasteiger partial charge in [-0.25, -0.2) is 0 Å². The van der Waals surface area contributed by atoms with E-state index in [-0.39, 0.29) is 0 Å². The minimum atomic E-state index is 0.567. The number of hydrazine groups is 1. The lowest BCUT2D eigenvalue weighted by Crippen LogP contribution is -2.22. The van der Waals surface area contributed by atoms with E-state index in [4.69, 9.17) is 11.6 Å². The molecule has 60 valence electrons. The second-order valence-corrected chi connectivity index (χ2v) is 2.35. The predicted octanol–water partition coefficient (Wildman–Crippen LogP) is 0.109. The van der Waals surface area contributed by atoms with Crippen LogP contribution in [0.4, 0.5) is 0 Å². The molecule has 0 aliphatic heterocycles. The number of nitrogens with one attached hydrogen (secondary N) is 1. The molecular weight excluding hydrogens is 138 g/mol. The van der Waals surface area contributed by atoms with Crippen molar-refractivity contribution in [3.63, 3.8) is 0 Å². The Balaban J connectivity index is 2.83. The molecule has 0 fully saturated rings. The lowest BCUT2D eigenvalue weighted by Gasteiger charge is -2.05. The Morgan fingerprint density at radius 1 is 1.18 bits per heavy atom. The van der Waals surface area contributed by atoms with Crippen molar-refractivity contribution in [1.82, 2.24) is 5.43 Å². The number of rotatable bonds is 3. The monoisotopic (exact) mass is 151 g/mol. The second kappa shape index (κ2) is 4.08. The Morgan fingerprint density at radius 3 is 2.36 bits per heavy atom. The minimum absolute atomic E-state index is 0.567. The molecule has 0 spiro atoms. The first-order valence-corrected chi connectivity index (χ1v) is 3.58. The molecule has 0 bridgehead atoms. The molecule has 3 nitrogen and oxygen atoms in total. The number of hydrogen-bond donors (Lipinski definition) is 3. The molecule has 0 saturated heterocycles. The van der Waals surface area contributed by atoms with E-state index in [1.54, 1.807) is 0 Å². The average molecular weight is 151 g/mol. The third-order valence-electron chi connectivity index (χ3n) is 1.63. The van der Waals surface area contributed by atoms with E-state index in [2.05, 4.69) is 5.43 Å². The largest absolute Gasteiger partial charge is 0.326 e. The molecule has 0 amide bonds. The Hall–Kier alpha value is -0.900. The van der Waals surface area contributed by atoms with E-state index in [9.17, 15) is 0 Å². The first-order chi connectivity index (χ1) is 5.38. The van der Waals surface area contributed by atoms with Crippen molar-refractivity contribution in [2.24, 2.45) is 11.6 Å². The zero-order valence-corrected chi connectivity index (χ0v) is 6.38. The lowest BCUT2D eigenvalue weighted by atomic mass is 10.1. The van der Waals surface area contributed by atoms with Crippen molar-refractivity contribution in [3.8, 4) is 0 Å². The van der Waals surface area contributed by atoms with E-state index in [0.717, 1.165) is 11.1 Å². The molecule has 0 radical (unpaired) electrons. The van der Waals surface area contributed by atoms with Crippen molar-refractivity contribution >= 4 is 0 Å². The van der Waals surface area contributed by atoms with Crippen molar-refractivity contribution in [1.29, 1.82) is 0 Å². The van der Waals surface area contributed by atoms with Crippen LogP contribution < -0.4 is 17.0 Å². The van der Waals surface area contributed by atoms with E-state index in [0.29, 0.717) is 13.1 Å². The van der Waals surface area contributed by atoms with Crippen LogP contribution in [-0.4, -0.2) is 0 Å². The molecule has 0 aliphatic rings. The van der Waals surface area contributed by atoms with Crippen LogP contribution in [0.25, 0.3) is 0 Å². The topological polar surface area (TPSA) is 64.1 Å². The fourth-order valence-electron chi connectivity index (χ4n) is 1.04. The third kappa shape index (κ3) is 2.01. The summed E-state index contributed by atoms with van der Waals surface area (Å²) >= 11 is 0. The van der Waals surface area contributed by atoms with Crippen LogP contribution in [0.5, 0.6) is 0 Å². The summed E-state index contributed by atoms with van der Waals surface area (Å²) in [6.07, 6.45) is 0. The number of benzene rings is 1. The van der Waals surface area contributed by atoms with Crippen molar-refractivity contribution < 1.29 is 0 Å². The maximum Gasteiger partial charge on any atom is 0.0351 e. The van der Waals surface area contributed by atoms with Crippen LogP contribution in [0.1, 0.15) is 11.1 Å². The Bertz CT molecular complexity index is 222. The van der Waals surface area contributed by atoms with Gasteiger partial charge in [0.1, 0.15) is 0 Å². The highest BCUT2D eigenvalue weighted by atomic mass is 15.2. The van der Waals surface area contributed by atoms with E-state index in [1.165, 1.54) is 0 Å². The summed E-state index contributed by atoms with van der Waals surface area (Å²) in [5, 5.41) is 0. The highest BCUT2D eigenvalue weighted by Crippen LogP contribution is 2.06. The molecule has 0 atom stereocenters. The van der Waals surface area contributed by atoms with Gasteiger partial charge < -0.3 is 5.73 Å². The smallest absolute Gasteiger partial charge is 0.0351 e. The van der Waals surface area contributed by atoms with Gasteiger partial charge in [-0.2, -0.15) is 0 Å². The van der Waals surface area contributed by atoms with E-state index in [1.807, 2.05) is 24.3 Å². The van der Waals surface area contributed by atoms with Gasteiger partial charge in [0.25, 0.3) is 0 Å². The second-order valence-electron chi connectivity index (χ2n) is 2.35. The van der Waals surface area contributed by atoms with Crippen LogP contribution in [0.2, 0.25) is 0 Å². The molecule has 0 aromatic heterocycles. The van der Waals surface area contributed by atoms with Gasteiger partial charge in [-0.05, 0) is 11.1 Å². The maximum atomic E-state index is 5.51. The number of nitrogens with two attached hydrogens (primary N) is 2. The van der Waals surface area contributed by atoms with Crippen LogP contribution in [-0.2, 0) is 13.1 Å². The van der Waals surface area contributed by atoms with Crippen molar-refractivity contribution in [3.05, 3.63) is 35.4 Å². The van der Waals surface area contributed by atoms with Gasteiger partial charge in [0.2, 0.25) is 0 Å². The Kier molecular flexibility index (Phi) is 3.04. The summed E-state index contributed by atoms with van der Waals surface area (Å²) in [7, 11) is 0. The SMILES string of the molecule is NCc1ccccc1CNN. The molecule has 1 aromatic rings. The molecular formula is C8H13N3. The zero-order valence-electron chi connectivity index (χ0n) is 6.38. The van der Waals surface area contributed by atoms with Gasteiger partial charge in [0.05, 0.1) is 0 Å². The first kappa shape index (κ1) is 8.20. The maximum absolute atomic E-state index is 5.51. The molecule has 5 N–H and O–H groups in total. The highest BCUT2D eigenvalue weighted by molar-refractivity contribution is 5.26. The summed E-state index contributed by atoms with van der Waals surface area (Å²) in [6, 6.07) is 7.97. The summed E-state index contributed by atoms with van der Waals surface area (Å²) in [4.78, 5) is 0. The summed E-state index contributed by atoms with van der Waals surface area (Å²) < 4.78 is 0. The fraction of sp³-hybridized carbons (Fsp3) is 0.250. The zero-order chi connectivity index (χ0) is 8.10. The van der Waals surface area contributed by atoms with Crippen LogP contribution >= 0.6 is 0 Å². The normalized spacial score (nSPS) is 10.0. The predicted molar refractivity (Wildman–Crippen MR) is 45.4 cm³/mol. The molecule has 1 aromatic carbocycles. The molecule has 0 aliphatic carbocycles. The third-order valence-corrected chi connectivity index (χ3v) is 1.63. The molecule has 0 unspecified atom stereocenters. The highest BCUT2D eigenvalue weighted by Gasteiger charge is 1.96. The lowest BCUT2D eigenvalue weighted by molar-refractivity contribution is 0.733. The van der Waals surface area contributed by atoms with Gasteiger partial charge in [-0.1, -0.05) is 24.3 Å². The van der Waals surface area contributed by atoms with Crippen molar-refractivity contribution in [2.45, 2.75) is 13.1 Å². The molecule has 0 saturated carbocycles. The van der Waals surface area contributed by atoms with Gasteiger partial charge in [-0.3, -0.25) is 11.3 Å². The van der Waals surface area contributed by atoms with Gasteiger partial charge in [-0.15, -0.1) is 0 Å². The summed E-state index contributed by atoms with van der Waals surface area (Å²) in [5.41, 5.74) is 10.4. The van der Waals surface area contributed by atoms with Crippen molar-refractivity contribution in [2.75, 3.05) is 0 Å². The quantitative estimate of drug-likeness (QED) is 0.424. The summed E-state index contributed by atoms with van der Waals surface area (Å²) in [5.74, 6) is 5.19. The minimum Gasteiger partial charge on any atom is -0.326 e. The van der Waals surface area contributed by atoms with Gasteiger partial charge in [0.15, 0.2) is 0 Å². The number of hydrogen-bond acceptors (Lipinski definition) is 3.